The Hall–Kier alpha value is -3.80. The van der Waals surface area contributed by atoms with Gasteiger partial charge in [0.15, 0.2) is 0 Å². The van der Waals surface area contributed by atoms with Crippen molar-refractivity contribution in [2.75, 3.05) is 26.2 Å². The fourth-order valence-corrected chi connectivity index (χ4v) is 4.34. The van der Waals surface area contributed by atoms with E-state index in [1.165, 1.54) is 0 Å². The summed E-state index contributed by atoms with van der Waals surface area (Å²) in [5, 5.41) is 1.09. The van der Waals surface area contributed by atoms with Crippen LogP contribution in [0.1, 0.15) is 11.1 Å². The van der Waals surface area contributed by atoms with Crippen LogP contribution in [-0.4, -0.2) is 57.3 Å². The number of carbonyl (C=O) groups excluding carboxylic acids is 2. The number of rotatable bonds is 5. The number of aromatic amines is 1. The van der Waals surface area contributed by atoms with Gasteiger partial charge in [-0.1, -0.05) is 30.3 Å². The SMILES string of the molecule is O=C(Cc1ccc(-n2cccc2)cc1)N1CCN(C(=O)Cc2c[nH]c3ccccc23)CC1. The zero-order valence-corrected chi connectivity index (χ0v) is 17.9. The van der Waals surface area contributed by atoms with Crippen LogP contribution in [0.25, 0.3) is 16.6 Å². The van der Waals surface area contributed by atoms with Crippen LogP contribution in [0.2, 0.25) is 0 Å². The summed E-state index contributed by atoms with van der Waals surface area (Å²) in [6, 6.07) is 20.1. The van der Waals surface area contributed by atoms with Crippen LogP contribution >= 0.6 is 0 Å². The van der Waals surface area contributed by atoms with Crippen molar-refractivity contribution in [1.82, 2.24) is 19.4 Å². The van der Waals surface area contributed by atoms with Crippen LogP contribution < -0.4 is 0 Å². The van der Waals surface area contributed by atoms with Crippen molar-refractivity contribution in [3.63, 3.8) is 0 Å². The summed E-state index contributed by atoms with van der Waals surface area (Å²) in [7, 11) is 0. The van der Waals surface area contributed by atoms with E-state index in [4.69, 9.17) is 0 Å². The van der Waals surface area contributed by atoms with Crippen LogP contribution in [0.4, 0.5) is 0 Å². The van der Waals surface area contributed by atoms with E-state index in [1.54, 1.807) is 0 Å². The second kappa shape index (κ2) is 8.75. The molecule has 0 bridgehead atoms. The van der Waals surface area contributed by atoms with Gasteiger partial charge in [-0.25, -0.2) is 0 Å². The molecule has 0 aliphatic carbocycles. The maximum atomic E-state index is 12.8. The minimum absolute atomic E-state index is 0.113. The van der Waals surface area contributed by atoms with Crippen molar-refractivity contribution in [2.45, 2.75) is 12.8 Å². The van der Waals surface area contributed by atoms with Crippen LogP contribution in [0.5, 0.6) is 0 Å². The van der Waals surface area contributed by atoms with Crippen molar-refractivity contribution < 1.29 is 9.59 Å². The molecule has 4 aromatic rings. The number of benzene rings is 2. The zero-order chi connectivity index (χ0) is 21.9. The van der Waals surface area contributed by atoms with Gasteiger partial charge in [-0.2, -0.15) is 0 Å². The van der Waals surface area contributed by atoms with Gasteiger partial charge < -0.3 is 19.4 Å². The van der Waals surface area contributed by atoms with Crippen LogP contribution in [0.3, 0.4) is 0 Å². The Labute approximate surface area is 187 Å². The summed E-state index contributed by atoms with van der Waals surface area (Å²) in [6.07, 6.45) is 6.68. The summed E-state index contributed by atoms with van der Waals surface area (Å²) < 4.78 is 2.04. The Morgan fingerprint density at radius 3 is 2.06 bits per heavy atom. The largest absolute Gasteiger partial charge is 0.361 e. The number of hydrogen-bond donors (Lipinski definition) is 1. The predicted octanol–water partition coefficient (Wildman–Crippen LogP) is 3.41. The van der Waals surface area contributed by atoms with Crippen LogP contribution in [0.15, 0.2) is 79.3 Å². The molecule has 0 saturated carbocycles. The standard InChI is InChI=1S/C26H26N4O2/c31-25(17-20-7-9-22(10-8-20)28-11-3-4-12-28)29-13-15-30(16-14-29)26(32)18-21-19-27-24-6-2-1-5-23(21)24/h1-12,19,27H,13-18H2. The molecule has 1 aliphatic heterocycles. The molecule has 2 aromatic heterocycles. The molecule has 0 atom stereocenters. The lowest BCUT2D eigenvalue weighted by atomic mass is 10.1. The first kappa shape index (κ1) is 20.1. The highest BCUT2D eigenvalue weighted by Gasteiger charge is 2.24. The lowest BCUT2D eigenvalue weighted by Crippen LogP contribution is -2.51. The van der Waals surface area contributed by atoms with Crippen molar-refractivity contribution in [1.29, 1.82) is 0 Å². The van der Waals surface area contributed by atoms with E-state index in [0.717, 1.165) is 27.7 Å². The van der Waals surface area contributed by atoms with E-state index in [9.17, 15) is 9.59 Å². The maximum Gasteiger partial charge on any atom is 0.227 e. The van der Waals surface area contributed by atoms with Gasteiger partial charge in [0.1, 0.15) is 0 Å². The molecular weight excluding hydrogens is 400 g/mol. The fourth-order valence-electron chi connectivity index (χ4n) is 4.34. The molecule has 0 spiro atoms. The van der Waals surface area contributed by atoms with E-state index in [1.807, 2.05) is 93.6 Å². The average molecular weight is 427 g/mol. The normalized spacial score (nSPS) is 14.1. The van der Waals surface area contributed by atoms with Crippen LogP contribution in [0, 0.1) is 0 Å². The van der Waals surface area contributed by atoms with Gasteiger partial charge >= 0.3 is 0 Å². The predicted molar refractivity (Wildman–Crippen MR) is 125 cm³/mol. The third kappa shape index (κ3) is 4.17. The minimum atomic E-state index is 0.113. The molecule has 6 nitrogen and oxygen atoms in total. The Morgan fingerprint density at radius 1 is 0.750 bits per heavy atom. The van der Waals surface area contributed by atoms with E-state index < -0.39 is 0 Å². The fraction of sp³-hybridized carbons (Fsp3) is 0.231. The van der Waals surface area contributed by atoms with Gasteiger partial charge in [-0.3, -0.25) is 9.59 Å². The highest BCUT2D eigenvalue weighted by Crippen LogP contribution is 2.19. The smallest absolute Gasteiger partial charge is 0.227 e. The summed E-state index contributed by atoms with van der Waals surface area (Å²) in [6.45, 7) is 2.33. The molecule has 5 rings (SSSR count). The third-order valence-corrected chi connectivity index (χ3v) is 6.20. The minimum Gasteiger partial charge on any atom is -0.361 e. The maximum absolute atomic E-state index is 12.8. The molecule has 1 saturated heterocycles. The van der Waals surface area contributed by atoms with E-state index in [-0.39, 0.29) is 11.8 Å². The van der Waals surface area contributed by atoms with Crippen LogP contribution in [-0.2, 0) is 22.4 Å². The number of carbonyl (C=O) groups is 2. The van der Waals surface area contributed by atoms with E-state index in [0.29, 0.717) is 39.0 Å². The second-order valence-corrected chi connectivity index (χ2v) is 8.23. The van der Waals surface area contributed by atoms with Gasteiger partial charge in [-0.05, 0) is 41.5 Å². The molecule has 3 heterocycles. The molecule has 2 aromatic carbocycles. The molecule has 32 heavy (non-hydrogen) atoms. The van der Waals surface area contributed by atoms with Gasteiger partial charge in [0.2, 0.25) is 11.8 Å². The average Bonchev–Trinajstić information content (AvgIpc) is 3.51. The van der Waals surface area contributed by atoms with Gasteiger partial charge in [-0.15, -0.1) is 0 Å². The summed E-state index contributed by atoms with van der Waals surface area (Å²) in [5.41, 5.74) is 4.15. The quantitative estimate of drug-likeness (QED) is 0.532. The number of nitrogens with one attached hydrogen (secondary N) is 1. The number of para-hydroxylation sites is 1. The second-order valence-electron chi connectivity index (χ2n) is 8.23. The molecule has 1 fully saturated rings. The molecule has 6 heteroatoms. The highest BCUT2D eigenvalue weighted by atomic mass is 16.2. The first-order valence-corrected chi connectivity index (χ1v) is 11.0. The summed E-state index contributed by atoms with van der Waals surface area (Å²) in [4.78, 5) is 32.6. The van der Waals surface area contributed by atoms with Gasteiger partial charge in [0.05, 0.1) is 12.8 Å². The number of H-pyrrole nitrogens is 1. The zero-order valence-electron chi connectivity index (χ0n) is 17.9. The number of piperazine rings is 1. The van der Waals surface area contributed by atoms with Gasteiger partial charge in [0.25, 0.3) is 0 Å². The number of hydrogen-bond acceptors (Lipinski definition) is 2. The Morgan fingerprint density at radius 2 is 1.38 bits per heavy atom. The Bertz CT molecular complexity index is 1220. The lowest BCUT2D eigenvalue weighted by molar-refractivity contribution is -0.138. The molecule has 0 unspecified atom stereocenters. The topological polar surface area (TPSA) is 61.3 Å². The van der Waals surface area contributed by atoms with Crippen molar-refractivity contribution >= 4 is 22.7 Å². The highest BCUT2D eigenvalue weighted by molar-refractivity contribution is 5.89. The number of amides is 2. The molecule has 0 radical (unpaired) electrons. The summed E-state index contributed by atoms with van der Waals surface area (Å²) in [5.74, 6) is 0.227. The Kier molecular flexibility index (Phi) is 5.50. The van der Waals surface area contributed by atoms with Gasteiger partial charge in [0, 0.05) is 61.4 Å². The van der Waals surface area contributed by atoms with Crippen molar-refractivity contribution in [3.8, 4) is 5.69 Å². The monoisotopic (exact) mass is 426 g/mol. The summed E-state index contributed by atoms with van der Waals surface area (Å²) >= 11 is 0. The first-order valence-electron chi connectivity index (χ1n) is 11.0. The lowest BCUT2D eigenvalue weighted by Gasteiger charge is -2.35. The van der Waals surface area contributed by atoms with E-state index >= 15 is 0 Å². The molecule has 162 valence electrons. The number of fused-ring (bicyclic) bond motifs is 1. The molecule has 1 aliphatic rings. The van der Waals surface area contributed by atoms with Crippen molar-refractivity contribution in [2.24, 2.45) is 0 Å². The Balaban J connectivity index is 1.14. The van der Waals surface area contributed by atoms with Crippen molar-refractivity contribution in [3.05, 3.63) is 90.4 Å². The third-order valence-electron chi connectivity index (χ3n) is 6.20. The molecule has 2 amide bonds. The van der Waals surface area contributed by atoms with E-state index in [2.05, 4.69) is 4.98 Å². The number of nitrogens with zero attached hydrogens (tertiary/aromatic N) is 3. The molecule has 1 N–H and O–H groups in total. The first-order chi connectivity index (χ1) is 15.7. The molecular formula is C26H26N4O2. The number of aromatic nitrogens is 2.